The van der Waals surface area contributed by atoms with Gasteiger partial charge in [0.05, 0.1) is 11.9 Å². The summed E-state index contributed by atoms with van der Waals surface area (Å²) in [5.74, 6) is 1.43. The molecule has 3 nitrogen and oxygen atoms in total. The van der Waals surface area contributed by atoms with Gasteiger partial charge in [-0.3, -0.25) is 4.79 Å². The molecule has 1 rings (SSSR count). The van der Waals surface area contributed by atoms with Crippen molar-refractivity contribution in [3.8, 4) is 0 Å². The predicted molar refractivity (Wildman–Crippen MR) is 59.5 cm³/mol. The minimum absolute atomic E-state index is 0.0901. The second-order valence-electron chi connectivity index (χ2n) is 3.24. The van der Waals surface area contributed by atoms with Gasteiger partial charge in [0.1, 0.15) is 0 Å². The third kappa shape index (κ3) is 4.67. The van der Waals surface area contributed by atoms with E-state index in [0.717, 1.165) is 25.2 Å². The number of thioether (sulfide) groups is 1. The Morgan fingerprint density at radius 3 is 3.21 bits per heavy atom. The number of ether oxygens (including phenoxy) is 1. The van der Waals surface area contributed by atoms with Crippen LogP contribution in [0.2, 0.25) is 0 Å². The lowest BCUT2D eigenvalue weighted by molar-refractivity contribution is -0.119. The summed E-state index contributed by atoms with van der Waals surface area (Å²) in [6.45, 7) is 5.09. The van der Waals surface area contributed by atoms with Gasteiger partial charge in [0.25, 0.3) is 0 Å². The summed E-state index contributed by atoms with van der Waals surface area (Å²) in [4.78, 5) is 11.3. The van der Waals surface area contributed by atoms with Crippen molar-refractivity contribution in [2.24, 2.45) is 0 Å². The first-order chi connectivity index (χ1) is 6.83. The summed E-state index contributed by atoms with van der Waals surface area (Å²) in [6, 6.07) is 0. The highest BCUT2D eigenvalue weighted by molar-refractivity contribution is 8.00. The monoisotopic (exact) mass is 215 g/mol. The molecule has 14 heavy (non-hydrogen) atoms. The van der Waals surface area contributed by atoms with E-state index >= 15 is 0 Å². The molecule has 0 spiro atoms. The summed E-state index contributed by atoms with van der Waals surface area (Å²) in [6.07, 6.45) is 4.23. The molecular formula is C10H17NO2S. The molecule has 1 fully saturated rings. The number of hydrogen-bond donors (Lipinski definition) is 1. The fourth-order valence-corrected chi connectivity index (χ4v) is 1.89. The van der Waals surface area contributed by atoms with Crippen molar-refractivity contribution in [2.45, 2.75) is 18.9 Å². The number of nitrogens with one attached hydrogen (secondary N) is 1. The molecule has 1 aliphatic rings. The summed E-state index contributed by atoms with van der Waals surface area (Å²) in [5, 5.41) is 2.86. The van der Waals surface area contributed by atoms with Crippen LogP contribution >= 0.6 is 11.8 Å². The Labute approximate surface area is 89.3 Å². The van der Waals surface area contributed by atoms with Crippen molar-refractivity contribution in [3.05, 3.63) is 12.7 Å². The van der Waals surface area contributed by atoms with E-state index in [1.807, 2.05) is 0 Å². The van der Waals surface area contributed by atoms with Crippen LogP contribution in [0, 0.1) is 0 Å². The van der Waals surface area contributed by atoms with Crippen LogP contribution in [0.15, 0.2) is 12.7 Å². The summed E-state index contributed by atoms with van der Waals surface area (Å²) < 4.78 is 5.39. The van der Waals surface area contributed by atoms with Gasteiger partial charge in [0.15, 0.2) is 0 Å². The molecule has 0 saturated carbocycles. The summed E-state index contributed by atoms with van der Waals surface area (Å²) in [5.41, 5.74) is 0. The van der Waals surface area contributed by atoms with Crippen LogP contribution in [0.4, 0.5) is 0 Å². The van der Waals surface area contributed by atoms with Gasteiger partial charge in [0.2, 0.25) is 5.91 Å². The Balaban J connectivity index is 1.99. The zero-order valence-corrected chi connectivity index (χ0v) is 9.15. The SMILES string of the molecule is C=CCSCC(=O)NCC1CCCO1. The molecule has 1 N–H and O–H groups in total. The normalized spacial score (nSPS) is 20.7. The van der Waals surface area contributed by atoms with Crippen LogP contribution < -0.4 is 5.32 Å². The molecule has 1 aliphatic heterocycles. The quantitative estimate of drug-likeness (QED) is 0.534. The maximum Gasteiger partial charge on any atom is 0.230 e. The van der Waals surface area contributed by atoms with E-state index in [2.05, 4.69) is 11.9 Å². The Hall–Kier alpha value is -0.480. The van der Waals surface area contributed by atoms with Crippen molar-refractivity contribution in [1.82, 2.24) is 5.32 Å². The molecular weight excluding hydrogens is 198 g/mol. The lowest BCUT2D eigenvalue weighted by Gasteiger charge is -2.10. The molecule has 1 saturated heterocycles. The first-order valence-electron chi connectivity index (χ1n) is 4.90. The maximum atomic E-state index is 11.3. The van der Waals surface area contributed by atoms with Gasteiger partial charge >= 0.3 is 0 Å². The Kier molecular flexibility index (Phi) is 5.71. The molecule has 0 bridgehead atoms. The summed E-state index contributed by atoms with van der Waals surface area (Å²) >= 11 is 1.57. The van der Waals surface area contributed by atoms with Crippen LogP contribution in [0.25, 0.3) is 0 Å². The highest BCUT2D eigenvalue weighted by Gasteiger charge is 2.15. The molecule has 0 aromatic rings. The largest absolute Gasteiger partial charge is 0.376 e. The fourth-order valence-electron chi connectivity index (χ4n) is 1.32. The van der Waals surface area contributed by atoms with Gasteiger partial charge in [-0.25, -0.2) is 0 Å². The molecule has 0 radical (unpaired) electrons. The van der Waals surface area contributed by atoms with Crippen LogP contribution in [0.1, 0.15) is 12.8 Å². The topological polar surface area (TPSA) is 38.3 Å². The molecule has 4 heteroatoms. The zero-order chi connectivity index (χ0) is 10.2. The van der Waals surface area contributed by atoms with E-state index in [0.29, 0.717) is 12.3 Å². The summed E-state index contributed by atoms with van der Waals surface area (Å²) in [7, 11) is 0. The maximum absolute atomic E-state index is 11.3. The predicted octanol–water partition coefficient (Wildman–Crippen LogP) is 1.20. The van der Waals surface area contributed by atoms with Gasteiger partial charge in [-0.15, -0.1) is 18.3 Å². The highest BCUT2D eigenvalue weighted by atomic mass is 32.2. The third-order valence-corrected chi connectivity index (χ3v) is 2.96. The Morgan fingerprint density at radius 1 is 1.71 bits per heavy atom. The average molecular weight is 215 g/mol. The first kappa shape index (κ1) is 11.6. The number of rotatable bonds is 6. The fraction of sp³-hybridized carbons (Fsp3) is 0.700. The molecule has 80 valence electrons. The second-order valence-corrected chi connectivity index (χ2v) is 4.27. The second kappa shape index (κ2) is 6.90. The van der Waals surface area contributed by atoms with Crippen molar-refractivity contribution >= 4 is 17.7 Å². The minimum Gasteiger partial charge on any atom is -0.376 e. The molecule has 0 aromatic heterocycles. The van der Waals surface area contributed by atoms with Crippen molar-refractivity contribution in [1.29, 1.82) is 0 Å². The molecule has 0 aliphatic carbocycles. The van der Waals surface area contributed by atoms with Gasteiger partial charge in [-0.1, -0.05) is 6.08 Å². The highest BCUT2D eigenvalue weighted by Crippen LogP contribution is 2.10. The van der Waals surface area contributed by atoms with Gasteiger partial charge in [-0.2, -0.15) is 0 Å². The van der Waals surface area contributed by atoms with Crippen molar-refractivity contribution in [2.75, 3.05) is 24.7 Å². The number of hydrogen-bond acceptors (Lipinski definition) is 3. The van der Waals surface area contributed by atoms with E-state index in [4.69, 9.17) is 4.74 Å². The van der Waals surface area contributed by atoms with Crippen molar-refractivity contribution < 1.29 is 9.53 Å². The molecule has 0 aromatic carbocycles. The van der Waals surface area contributed by atoms with Crippen LogP contribution in [0.5, 0.6) is 0 Å². The lowest BCUT2D eigenvalue weighted by atomic mass is 10.2. The Bertz CT molecular complexity index is 191. The van der Waals surface area contributed by atoms with Crippen molar-refractivity contribution in [3.63, 3.8) is 0 Å². The van der Waals surface area contributed by atoms with Gasteiger partial charge in [0, 0.05) is 18.9 Å². The van der Waals surface area contributed by atoms with E-state index < -0.39 is 0 Å². The van der Waals surface area contributed by atoms with Crippen LogP contribution in [0.3, 0.4) is 0 Å². The number of carbonyl (C=O) groups excluding carboxylic acids is 1. The van der Waals surface area contributed by atoms with E-state index in [1.165, 1.54) is 0 Å². The number of amides is 1. The van der Waals surface area contributed by atoms with E-state index in [1.54, 1.807) is 17.8 Å². The molecule has 1 heterocycles. The molecule has 1 unspecified atom stereocenters. The van der Waals surface area contributed by atoms with Gasteiger partial charge < -0.3 is 10.1 Å². The van der Waals surface area contributed by atoms with Gasteiger partial charge in [-0.05, 0) is 12.8 Å². The van der Waals surface area contributed by atoms with Crippen LogP contribution in [-0.4, -0.2) is 36.7 Å². The van der Waals surface area contributed by atoms with Crippen LogP contribution in [-0.2, 0) is 9.53 Å². The smallest absolute Gasteiger partial charge is 0.230 e. The molecule has 1 atom stereocenters. The minimum atomic E-state index is 0.0901. The lowest BCUT2D eigenvalue weighted by Crippen LogP contribution is -2.32. The molecule has 1 amide bonds. The zero-order valence-electron chi connectivity index (χ0n) is 8.33. The Morgan fingerprint density at radius 2 is 2.57 bits per heavy atom. The first-order valence-corrected chi connectivity index (χ1v) is 6.05. The average Bonchev–Trinajstić information content (AvgIpc) is 2.68. The standard InChI is InChI=1S/C10H17NO2S/c1-2-6-14-8-10(12)11-7-9-4-3-5-13-9/h2,9H,1,3-8H2,(H,11,12). The number of carbonyl (C=O) groups is 1. The third-order valence-electron chi connectivity index (χ3n) is 2.02. The van der Waals surface area contributed by atoms with E-state index in [9.17, 15) is 4.79 Å². The van der Waals surface area contributed by atoms with E-state index in [-0.39, 0.29) is 12.0 Å².